The van der Waals surface area contributed by atoms with Crippen LogP contribution in [0, 0.1) is 3.57 Å². The minimum absolute atomic E-state index is 0.0532. The van der Waals surface area contributed by atoms with Gasteiger partial charge in [0.15, 0.2) is 0 Å². The number of rotatable bonds is 4. The van der Waals surface area contributed by atoms with Crippen LogP contribution in [0.4, 0.5) is 5.69 Å². The number of carbonyl (C=O) groups is 1. The van der Waals surface area contributed by atoms with Crippen LogP contribution in [0.1, 0.15) is 28.9 Å². The van der Waals surface area contributed by atoms with E-state index in [-0.39, 0.29) is 6.04 Å². The van der Waals surface area contributed by atoms with Gasteiger partial charge in [0.05, 0.1) is 5.56 Å². The SMILES string of the molecule is CC(Nc1ccccc1C(=O)O)c1ccc(I)cc1. The molecule has 2 aromatic carbocycles. The molecule has 1 atom stereocenters. The summed E-state index contributed by atoms with van der Waals surface area (Å²) in [5.74, 6) is -0.919. The van der Waals surface area contributed by atoms with Crippen molar-refractivity contribution in [3.8, 4) is 0 Å². The lowest BCUT2D eigenvalue weighted by Crippen LogP contribution is -2.10. The Kier molecular flexibility index (Phi) is 4.42. The van der Waals surface area contributed by atoms with Gasteiger partial charge in [-0.1, -0.05) is 24.3 Å². The van der Waals surface area contributed by atoms with Gasteiger partial charge in [-0.15, -0.1) is 0 Å². The predicted octanol–water partition coefficient (Wildman–Crippen LogP) is 4.16. The Morgan fingerprint density at radius 3 is 2.42 bits per heavy atom. The minimum atomic E-state index is -0.919. The summed E-state index contributed by atoms with van der Waals surface area (Å²) in [6.45, 7) is 2.01. The number of hydrogen-bond acceptors (Lipinski definition) is 2. The van der Waals surface area contributed by atoms with Gasteiger partial charge in [0.2, 0.25) is 0 Å². The Bertz CT molecular complexity index is 581. The quantitative estimate of drug-likeness (QED) is 0.798. The number of halogens is 1. The van der Waals surface area contributed by atoms with E-state index in [2.05, 4.69) is 27.9 Å². The standard InChI is InChI=1S/C15H14INO2/c1-10(11-6-8-12(16)9-7-11)17-14-5-3-2-4-13(14)15(18)19/h2-10,17H,1H3,(H,18,19). The van der Waals surface area contributed by atoms with Gasteiger partial charge in [-0.3, -0.25) is 0 Å². The molecule has 0 bridgehead atoms. The highest BCUT2D eigenvalue weighted by Gasteiger charge is 2.12. The van der Waals surface area contributed by atoms with E-state index in [9.17, 15) is 4.79 Å². The second-order valence-electron chi connectivity index (χ2n) is 4.27. The molecule has 2 N–H and O–H groups in total. The maximum atomic E-state index is 11.1. The van der Waals surface area contributed by atoms with E-state index in [1.165, 1.54) is 3.57 Å². The lowest BCUT2D eigenvalue weighted by molar-refractivity contribution is 0.0698. The van der Waals surface area contributed by atoms with Crippen molar-refractivity contribution < 1.29 is 9.90 Å². The summed E-state index contributed by atoms with van der Waals surface area (Å²) < 4.78 is 1.18. The Balaban J connectivity index is 2.21. The molecule has 0 radical (unpaired) electrons. The molecule has 0 saturated carbocycles. The molecule has 0 aliphatic rings. The number of aromatic carboxylic acids is 1. The number of nitrogens with one attached hydrogen (secondary N) is 1. The summed E-state index contributed by atoms with van der Waals surface area (Å²) in [4.78, 5) is 11.1. The molecule has 0 aliphatic heterocycles. The van der Waals surface area contributed by atoms with Crippen LogP contribution in [0.25, 0.3) is 0 Å². The van der Waals surface area contributed by atoms with Crippen LogP contribution in [0.2, 0.25) is 0 Å². The van der Waals surface area contributed by atoms with Gasteiger partial charge in [0.1, 0.15) is 0 Å². The third-order valence-electron chi connectivity index (χ3n) is 2.90. The van der Waals surface area contributed by atoms with Crippen LogP contribution in [0.3, 0.4) is 0 Å². The Morgan fingerprint density at radius 1 is 1.16 bits per heavy atom. The van der Waals surface area contributed by atoms with E-state index in [1.807, 2.05) is 37.3 Å². The Hall–Kier alpha value is -1.56. The van der Waals surface area contributed by atoms with E-state index in [0.29, 0.717) is 11.3 Å². The number of para-hydroxylation sites is 1. The van der Waals surface area contributed by atoms with Crippen molar-refractivity contribution in [1.82, 2.24) is 0 Å². The monoisotopic (exact) mass is 367 g/mol. The zero-order valence-electron chi connectivity index (χ0n) is 10.4. The number of hydrogen-bond donors (Lipinski definition) is 2. The van der Waals surface area contributed by atoms with Crippen LogP contribution < -0.4 is 5.32 Å². The molecule has 4 heteroatoms. The third kappa shape index (κ3) is 3.47. The van der Waals surface area contributed by atoms with Crippen LogP contribution in [0.15, 0.2) is 48.5 Å². The van der Waals surface area contributed by atoms with E-state index in [0.717, 1.165) is 5.56 Å². The first-order chi connectivity index (χ1) is 9.08. The highest BCUT2D eigenvalue weighted by atomic mass is 127. The smallest absolute Gasteiger partial charge is 0.337 e. The molecule has 0 spiro atoms. The van der Waals surface area contributed by atoms with Gasteiger partial charge < -0.3 is 10.4 Å². The molecule has 2 aromatic rings. The first-order valence-corrected chi connectivity index (χ1v) is 7.00. The fourth-order valence-electron chi connectivity index (χ4n) is 1.86. The average Bonchev–Trinajstić information content (AvgIpc) is 2.39. The van der Waals surface area contributed by atoms with Gasteiger partial charge in [-0.05, 0) is 59.3 Å². The molecular weight excluding hydrogens is 353 g/mol. The van der Waals surface area contributed by atoms with Crippen molar-refractivity contribution in [1.29, 1.82) is 0 Å². The molecule has 98 valence electrons. The number of carboxylic acids is 1. The number of anilines is 1. The van der Waals surface area contributed by atoms with Crippen LogP contribution in [0.5, 0.6) is 0 Å². The summed E-state index contributed by atoms with van der Waals surface area (Å²) in [6.07, 6.45) is 0. The summed E-state index contributed by atoms with van der Waals surface area (Å²) in [5.41, 5.74) is 2.06. The van der Waals surface area contributed by atoms with Crippen molar-refractivity contribution in [3.63, 3.8) is 0 Å². The fourth-order valence-corrected chi connectivity index (χ4v) is 2.22. The zero-order valence-corrected chi connectivity index (χ0v) is 12.6. The van der Waals surface area contributed by atoms with E-state index >= 15 is 0 Å². The molecule has 0 aromatic heterocycles. The average molecular weight is 367 g/mol. The largest absolute Gasteiger partial charge is 0.478 e. The van der Waals surface area contributed by atoms with Crippen LogP contribution >= 0.6 is 22.6 Å². The third-order valence-corrected chi connectivity index (χ3v) is 3.62. The summed E-state index contributed by atoms with van der Waals surface area (Å²) in [7, 11) is 0. The first kappa shape index (κ1) is 13.9. The minimum Gasteiger partial charge on any atom is -0.478 e. The number of carboxylic acid groups (broad SMARTS) is 1. The highest BCUT2D eigenvalue weighted by Crippen LogP contribution is 2.23. The molecule has 0 heterocycles. The van der Waals surface area contributed by atoms with Crippen LogP contribution in [-0.4, -0.2) is 11.1 Å². The van der Waals surface area contributed by atoms with Gasteiger partial charge >= 0.3 is 5.97 Å². The maximum Gasteiger partial charge on any atom is 0.337 e. The van der Waals surface area contributed by atoms with Gasteiger partial charge in [-0.2, -0.15) is 0 Å². The molecule has 1 unspecified atom stereocenters. The summed E-state index contributed by atoms with van der Waals surface area (Å²) >= 11 is 2.26. The fraction of sp³-hybridized carbons (Fsp3) is 0.133. The van der Waals surface area contributed by atoms with Crippen molar-refractivity contribution >= 4 is 34.2 Å². The summed E-state index contributed by atoms with van der Waals surface area (Å²) in [6, 6.07) is 15.2. The molecule has 0 saturated heterocycles. The van der Waals surface area contributed by atoms with Gasteiger partial charge in [0, 0.05) is 15.3 Å². The first-order valence-electron chi connectivity index (χ1n) is 5.92. The topological polar surface area (TPSA) is 49.3 Å². The molecule has 0 amide bonds. The van der Waals surface area contributed by atoms with Crippen molar-refractivity contribution in [2.24, 2.45) is 0 Å². The van der Waals surface area contributed by atoms with E-state index in [1.54, 1.807) is 18.2 Å². The second-order valence-corrected chi connectivity index (χ2v) is 5.51. The van der Waals surface area contributed by atoms with Gasteiger partial charge in [-0.25, -0.2) is 4.79 Å². The Labute approximate surface area is 125 Å². The van der Waals surface area contributed by atoms with Gasteiger partial charge in [0.25, 0.3) is 0 Å². The predicted molar refractivity (Wildman–Crippen MR) is 84.6 cm³/mol. The molecule has 0 aliphatic carbocycles. The molecular formula is C15H14INO2. The lowest BCUT2D eigenvalue weighted by atomic mass is 10.1. The van der Waals surface area contributed by atoms with Crippen molar-refractivity contribution in [3.05, 3.63) is 63.2 Å². The maximum absolute atomic E-state index is 11.1. The summed E-state index contributed by atoms with van der Waals surface area (Å²) in [5, 5.41) is 12.4. The van der Waals surface area contributed by atoms with E-state index in [4.69, 9.17) is 5.11 Å². The second kappa shape index (κ2) is 6.06. The van der Waals surface area contributed by atoms with Crippen LogP contribution in [-0.2, 0) is 0 Å². The highest BCUT2D eigenvalue weighted by molar-refractivity contribution is 14.1. The van der Waals surface area contributed by atoms with E-state index < -0.39 is 5.97 Å². The van der Waals surface area contributed by atoms with Crippen molar-refractivity contribution in [2.75, 3.05) is 5.32 Å². The normalized spacial score (nSPS) is 11.9. The molecule has 3 nitrogen and oxygen atoms in total. The zero-order chi connectivity index (χ0) is 13.8. The lowest BCUT2D eigenvalue weighted by Gasteiger charge is -2.17. The Morgan fingerprint density at radius 2 is 1.79 bits per heavy atom. The molecule has 0 fully saturated rings. The van der Waals surface area contributed by atoms with Crippen molar-refractivity contribution in [2.45, 2.75) is 13.0 Å². The molecule has 19 heavy (non-hydrogen) atoms. The number of benzene rings is 2. The molecule has 2 rings (SSSR count).